The molecule has 1 aliphatic heterocycles. The Kier molecular flexibility index (Phi) is 8.28. The van der Waals surface area contributed by atoms with E-state index in [0.29, 0.717) is 12.0 Å². The van der Waals surface area contributed by atoms with E-state index >= 15 is 0 Å². The van der Waals surface area contributed by atoms with Crippen LogP contribution >= 0.6 is 11.3 Å². The molecule has 2 heterocycles. The second-order valence-electron chi connectivity index (χ2n) is 8.36. The largest absolute Gasteiger partial charge is 0.352 e. The molecule has 0 atom stereocenters. The molecule has 0 spiro atoms. The van der Waals surface area contributed by atoms with Gasteiger partial charge in [-0.15, -0.1) is 11.3 Å². The first-order chi connectivity index (χ1) is 14.0. The first kappa shape index (κ1) is 22.0. The SMILES string of the molecule is CCN(Cc1ccc(C(=O)NCC2CCN(Cc3cccs3)CC2)cc1)C(C)C. The van der Waals surface area contributed by atoms with Gasteiger partial charge in [0.15, 0.2) is 0 Å². The Morgan fingerprint density at radius 2 is 1.93 bits per heavy atom. The van der Waals surface area contributed by atoms with Crippen molar-refractivity contribution in [3.05, 3.63) is 57.8 Å². The number of rotatable bonds is 9. The lowest BCUT2D eigenvalue weighted by Gasteiger charge is -2.31. The molecule has 158 valence electrons. The number of nitrogens with one attached hydrogen (secondary N) is 1. The van der Waals surface area contributed by atoms with Gasteiger partial charge in [0.25, 0.3) is 5.91 Å². The molecule has 1 aliphatic rings. The van der Waals surface area contributed by atoms with Gasteiger partial charge in [-0.25, -0.2) is 0 Å². The van der Waals surface area contributed by atoms with Crippen molar-refractivity contribution >= 4 is 17.2 Å². The highest BCUT2D eigenvalue weighted by atomic mass is 32.1. The van der Waals surface area contributed by atoms with Crippen LogP contribution in [-0.4, -0.2) is 47.9 Å². The van der Waals surface area contributed by atoms with Gasteiger partial charge in [0.05, 0.1) is 0 Å². The quantitative estimate of drug-likeness (QED) is 0.651. The first-order valence-corrected chi connectivity index (χ1v) is 11.8. The average molecular weight is 414 g/mol. The number of thiophene rings is 1. The fourth-order valence-electron chi connectivity index (χ4n) is 3.97. The lowest BCUT2D eigenvalue weighted by molar-refractivity contribution is 0.0935. The topological polar surface area (TPSA) is 35.6 Å². The van der Waals surface area contributed by atoms with Crippen LogP contribution in [0, 0.1) is 5.92 Å². The van der Waals surface area contributed by atoms with E-state index in [4.69, 9.17) is 0 Å². The summed E-state index contributed by atoms with van der Waals surface area (Å²) in [7, 11) is 0. The summed E-state index contributed by atoms with van der Waals surface area (Å²) in [6, 6.07) is 13.0. The van der Waals surface area contributed by atoms with Crippen molar-refractivity contribution in [3.63, 3.8) is 0 Å². The summed E-state index contributed by atoms with van der Waals surface area (Å²) in [5.41, 5.74) is 2.02. The van der Waals surface area contributed by atoms with Crippen LogP contribution in [0.5, 0.6) is 0 Å². The summed E-state index contributed by atoms with van der Waals surface area (Å²) in [6.07, 6.45) is 2.32. The monoisotopic (exact) mass is 413 g/mol. The van der Waals surface area contributed by atoms with Gasteiger partial charge < -0.3 is 5.32 Å². The average Bonchev–Trinajstić information content (AvgIpc) is 3.24. The van der Waals surface area contributed by atoms with E-state index in [1.165, 1.54) is 10.4 Å². The zero-order chi connectivity index (χ0) is 20.6. The van der Waals surface area contributed by atoms with Crippen LogP contribution in [0.15, 0.2) is 41.8 Å². The van der Waals surface area contributed by atoms with Crippen molar-refractivity contribution in [2.24, 2.45) is 5.92 Å². The summed E-state index contributed by atoms with van der Waals surface area (Å²) in [6.45, 7) is 12.7. The van der Waals surface area contributed by atoms with Crippen LogP contribution in [0.3, 0.4) is 0 Å². The van der Waals surface area contributed by atoms with Crippen molar-refractivity contribution in [1.82, 2.24) is 15.1 Å². The standard InChI is InChI=1S/C24H35N3OS/c1-4-27(19(2)3)17-21-7-9-22(10-8-21)24(28)25-16-20-11-13-26(14-12-20)18-23-6-5-15-29-23/h5-10,15,19-20H,4,11-14,16-18H2,1-3H3,(H,25,28). The normalized spacial score (nSPS) is 15.9. The third kappa shape index (κ3) is 6.66. The maximum absolute atomic E-state index is 12.5. The van der Waals surface area contributed by atoms with Gasteiger partial charge in [0, 0.05) is 36.1 Å². The highest BCUT2D eigenvalue weighted by Crippen LogP contribution is 2.20. The van der Waals surface area contributed by atoms with Crippen LogP contribution in [0.2, 0.25) is 0 Å². The molecule has 1 aromatic heterocycles. The zero-order valence-electron chi connectivity index (χ0n) is 18.1. The van der Waals surface area contributed by atoms with Crippen LogP contribution in [0.25, 0.3) is 0 Å². The van der Waals surface area contributed by atoms with Crippen LogP contribution in [0.4, 0.5) is 0 Å². The predicted molar refractivity (Wildman–Crippen MR) is 122 cm³/mol. The van der Waals surface area contributed by atoms with E-state index in [1.807, 2.05) is 23.5 Å². The molecule has 4 nitrogen and oxygen atoms in total. The number of carbonyl (C=O) groups excluding carboxylic acids is 1. The van der Waals surface area contributed by atoms with Crippen LogP contribution in [0.1, 0.15) is 54.4 Å². The van der Waals surface area contributed by atoms with E-state index in [-0.39, 0.29) is 5.91 Å². The number of likely N-dealkylation sites (tertiary alicyclic amines) is 1. The number of hydrogen-bond acceptors (Lipinski definition) is 4. The highest BCUT2D eigenvalue weighted by molar-refractivity contribution is 7.09. The fraction of sp³-hybridized carbons (Fsp3) is 0.542. The second-order valence-corrected chi connectivity index (χ2v) is 9.39. The number of amides is 1. The third-order valence-electron chi connectivity index (χ3n) is 5.96. The minimum absolute atomic E-state index is 0.0498. The van der Waals surface area contributed by atoms with Crippen LogP contribution < -0.4 is 5.32 Å². The lowest BCUT2D eigenvalue weighted by atomic mass is 9.96. The number of nitrogens with zero attached hydrogens (tertiary/aromatic N) is 2. The Balaban J connectivity index is 1.40. The van der Waals surface area contributed by atoms with E-state index < -0.39 is 0 Å². The molecule has 0 aliphatic carbocycles. The molecular formula is C24H35N3OS. The molecule has 0 radical (unpaired) electrons. The number of hydrogen-bond donors (Lipinski definition) is 1. The maximum Gasteiger partial charge on any atom is 0.251 e. The molecule has 0 unspecified atom stereocenters. The van der Waals surface area contributed by atoms with Crippen molar-refractivity contribution in [3.8, 4) is 0 Å². The molecule has 29 heavy (non-hydrogen) atoms. The van der Waals surface area contributed by atoms with Crippen molar-refractivity contribution in [1.29, 1.82) is 0 Å². The van der Waals surface area contributed by atoms with E-state index in [9.17, 15) is 4.79 Å². The highest BCUT2D eigenvalue weighted by Gasteiger charge is 2.20. The van der Waals surface area contributed by atoms with Gasteiger partial charge in [0.1, 0.15) is 0 Å². The smallest absolute Gasteiger partial charge is 0.251 e. The maximum atomic E-state index is 12.5. The summed E-state index contributed by atoms with van der Waals surface area (Å²) < 4.78 is 0. The second kappa shape index (κ2) is 10.9. The molecule has 5 heteroatoms. The molecule has 0 saturated carbocycles. The summed E-state index contributed by atoms with van der Waals surface area (Å²) in [4.78, 5) is 18.9. The number of piperidine rings is 1. The molecule has 1 aromatic carbocycles. The molecule has 0 bridgehead atoms. The van der Waals surface area contributed by atoms with Gasteiger partial charge in [-0.1, -0.05) is 25.1 Å². The first-order valence-electron chi connectivity index (χ1n) is 10.9. The minimum Gasteiger partial charge on any atom is -0.352 e. The van der Waals surface area contributed by atoms with E-state index in [1.54, 1.807) is 0 Å². The van der Waals surface area contributed by atoms with Crippen molar-refractivity contribution in [2.75, 3.05) is 26.2 Å². The van der Waals surface area contributed by atoms with Gasteiger partial charge in [-0.05, 0) is 81.4 Å². The van der Waals surface area contributed by atoms with Gasteiger partial charge >= 0.3 is 0 Å². The van der Waals surface area contributed by atoms with Gasteiger partial charge in [0.2, 0.25) is 0 Å². The van der Waals surface area contributed by atoms with Crippen molar-refractivity contribution < 1.29 is 4.79 Å². The van der Waals surface area contributed by atoms with Gasteiger partial charge in [-0.3, -0.25) is 14.6 Å². The van der Waals surface area contributed by atoms with Crippen LogP contribution in [-0.2, 0) is 13.1 Å². The molecule has 1 saturated heterocycles. The Morgan fingerprint density at radius 3 is 2.52 bits per heavy atom. The molecule has 1 amide bonds. The minimum atomic E-state index is 0.0498. The Labute approximate surface area is 179 Å². The Morgan fingerprint density at radius 1 is 1.21 bits per heavy atom. The number of benzene rings is 1. The number of carbonyl (C=O) groups is 1. The fourth-order valence-corrected chi connectivity index (χ4v) is 4.71. The Hall–Kier alpha value is -1.69. The summed E-state index contributed by atoms with van der Waals surface area (Å²) in [5, 5.41) is 5.30. The van der Waals surface area contributed by atoms with Crippen molar-refractivity contribution in [2.45, 2.75) is 52.7 Å². The van der Waals surface area contributed by atoms with E-state index in [2.05, 4.69) is 65.5 Å². The molecule has 2 aromatic rings. The Bertz CT molecular complexity index is 734. The molecule has 1 N–H and O–H groups in total. The third-order valence-corrected chi connectivity index (χ3v) is 6.82. The predicted octanol–water partition coefficient (Wildman–Crippen LogP) is 4.62. The molecular weight excluding hydrogens is 378 g/mol. The summed E-state index contributed by atoms with van der Waals surface area (Å²) in [5.74, 6) is 0.635. The van der Waals surface area contributed by atoms with Gasteiger partial charge in [-0.2, -0.15) is 0 Å². The molecule has 1 fully saturated rings. The summed E-state index contributed by atoms with van der Waals surface area (Å²) >= 11 is 1.83. The zero-order valence-corrected chi connectivity index (χ0v) is 18.9. The van der Waals surface area contributed by atoms with E-state index in [0.717, 1.165) is 57.7 Å². The molecule has 3 rings (SSSR count). The lowest BCUT2D eigenvalue weighted by Crippen LogP contribution is -2.38.